The highest BCUT2D eigenvalue weighted by molar-refractivity contribution is 7.81. The lowest BCUT2D eigenvalue weighted by Crippen LogP contribution is -2.06. The van der Waals surface area contributed by atoms with Crippen LogP contribution in [0.2, 0.25) is 0 Å². The zero-order chi connectivity index (χ0) is 17.0. The van der Waals surface area contributed by atoms with E-state index in [1.165, 1.54) is 96.3 Å². The van der Waals surface area contributed by atoms with Crippen molar-refractivity contribution < 1.29 is 9.53 Å². The van der Waals surface area contributed by atoms with E-state index in [2.05, 4.69) is 19.6 Å². The first kappa shape index (κ1) is 22.8. The molecule has 0 aromatic carbocycles. The third-order valence-corrected chi connectivity index (χ3v) is 4.61. The summed E-state index contributed by atoms with van der Waals surface area (Å²) in [7, 11) is 0. The molecule has 0 aliphatic rings. The molecule has 0 aliphatic carbocycles. The largest absolute Gasteiger partial charge is 0.465 e. The van der Waals surface area contributed by atoms with Crippen molar-refractivity contribution in [2.24, 2.45) is 0 Å². The molecule has 0 aromatic rings. The summed E-state index contributed by atoms with van der Waals surface area (Å²) in [6.07, 6.45) is 21.7. The van der Waals surface area contributed by atoms with Crippen LogP contribution in [-0.4, -0.2) is 18.3 Å². The van der Waals surface area contributed by atoms with Crippen LogP contribution < -0.4 is 0 Å². The second kappa shape index (κ2) is 19.9. The standard InChI is InChI=1S/C20H39O2S/c1-2-3-4-5-6-7-8-9-10-11-12-13-14-15-16-17-18-22-20(21)19-23/h2-19H2,1H3. The van der Waals surface area contributed by atoms with Gasteiger partial charge in [0, 0.05) is 0 Å². The van der Waals surface area contributed by atoms with Gasteiger partial charge in [0.25, 0.3) is 0 Å². The number of carbonyl (C=O) groups excluding carboxylic acids is 1. The maximum atomic E-state index is 10.8. The van der Waals surface area contributed by atoms with Crippen molar-refractivity contribution in [3.05, 3.63) is 0 Å². The molecule has 0 rings (SSSR count). The number of unbranched alkanes of at least 4 members (excludes halogenated alkanes) is 15. The smallest absolute Gasteiger partial charge is 0.316 e. The Hall–Kier alpha value is -0.180. The summed E-state index contributed by atoms with van der Waals surface area (Å²) in [5, 5.41) is 0. The Morgan fingerprint density at radius 2 is 1.00 bits per heavy atom. The fraction of sp³-hybridized carbons (Fsp3) is 0.950. The number of hydrogen-bond donors (Lipinski definition) is 0. The van der Waals surface area contributed by atoms with Crippen LogP contribution in [-0.2, 0) is 9.53 Å². The van der Waals surface area contributed by atoms with E-state index in [-0.39, 0.29) is 11.7 Å². The molecule has 0 N–H and O–H groups in total. The molecule has 1 radical (unpaired) electrons. The fourth-order valence-electron chi connectivity index (χ4n) is 2.88. The summed E-state index contributed by atoms with van der Waals surface area (Å²) in [5.41, 5.74) is 0. The Morgan fingerprint density at radius 3 is 1.35 bits per heavy atom. The number of hydrogen-bond acceptors (Lipinski definition) is 2. The molecule has 137 valence electrons. The van der Waals surface area contributed by atoms with Crippen LogP contribution >= 0.6 is 12.6 Å². The van der Waals surface area contributed by atoms with E-state index in [0.717, 1.165) is 6.42 Å². The third kappa shape index (κ3) is 19.8. The maximum Gasteiger partial charge on any atom is 0.316 e. The Balaban J connectivity index is 2.99. The van der Waals surface area contributed by atoms with Gasteiger partial charge >= 0.3 is 5.97 Å². The van der Waals surface area contributed by atoms with Crippen molar-refractivity contribution in [2.45, 2.75) is 110 Å². The van der Waals surface area contributed by atoms with Crippen molar-refractivity contribution in [3.8, 4) is 0 Å². The van der Waals surface area contributed by atoms with Gasteiger partial charge < -0.3 is 4.74 Å². The van der Waals surface area contributed by atoms with E-state index >= 15 is 0 Å². The lowest BCUT2D eigenvalue weighted by atomic mass is 10.0. The first-order chi connectivity index (χ1) is 11.3. The van der Waals surface area contributed by atoms with Gasteiger partial charge in [0.2, 0.25) is 0 Å². The molecule has 0 amide bonds. The molecule has 0 heterocycles. The predicted molar refractivity (Wildman–Crippen MR) is 103 cm³/mol. The van der Waals surface area contributed by atoms with E-state index in [1.807, 2.05) is 0 Å². The summed E-state index contributed by atoms with van der Waals surface area (Å²) in [4.78, 5) is 10.8. The second-order valence-electron chi connectivity index (χ2n) is 6.67. The van der Waals surface area contributed by atoms with Crippen molar-refractivity contribution in [1.82, 2.24) is 0 Å². The predicted octanol–water partition coefficient (Wildman–Crippen LogP) is 6.99. The van der Waals surface area contributed by atoms with E-state index < -0.39 is 0 Å². The number of carbonyl (C=O) groups is 1. The highest BCUT2D eigenvalue weighted by atomic mass is 32.1. The minimum Gasteiger partial charge on any atom is -0.465 e. The van der Waals surface area contributed by atoms with Crippen LogP contribution in [0.25, 0.3) is 0 Å². The minimum absolute atomic E-state index is 0.0822. The molecule has 3 heteroatoms. The van der Waals surface area contributed by atoms with Gasteiger partial charge in [0.15, 0.2) is 0 Å². The monoisotopic (exact) mass is 343 g/mol. The summed E-state index contributed by atoms with van der Waals surface area (Å²) < 4.78 is 4.97. The average molecular weight is 344 g/mol. The van der Waals surface area contributed by atoms with Gasteiger partial charge in [-0.3, -0.25) is 4.79 Å². The van der Waals surface area contributed by atoms with Crippen molar-refractivity contribution >= 4 is 18.6 Å². The molecule has 0 saturated carbocycles. The van der Waals surface area contributed by atoms with Gasteiger partial charge in [-0.05, 0) is 6.42 Å². The minimum atomic E-state index is -0.249. The maximum absolute atomic E-state index is 10.8. The van der Waals surface area contributed by atoms with Crippen LogP contribution in [0.1, 0.15) is 110 Å². The molecule has 0 bridgehead atoms. The summed E-state index contributed by atoms with van der Waals surface area (Å²) in [5.74, 6) is -0.167. The zero-order valence-corrected chi connectivity index (χ0v) is 16.3. The Morgan fingerprint density at radius 1 is 0.652 bits per heavy atom. The van der Waals surface area contributed by atoms with Crippen molar-refractivity contribution in [3.63, 3.8) is 0 Å². The first-order valence-corrected chi connectivity index (χ1v) is 10.6. The molecule has 0 spiro atoms. The third-order valence-electron chi connectivity index (χ3n) is 4.38. The number of esters is 1. The van der Waals surface area contributed by atoms with Gasteiger partial charge in [-0.15, -0.1) is 0 Å². The highest BCUT2D eigenvalue weighted by Crippen LogP contribution is 2.13. The Kier molecular flexibility index (Phi) is 19.7. The quantitative estimate of drug-likeness (QED) is 0.198. The molecule has 0 fully saturated rings. The lowest BCUT2D eigenvalue weighted by molar-refractivity contribution is -0.140. The fourth-order valence-corrected chi connectivity index (χ4v) is 2.96. The Bertz CT molecular complexity index is 244. The van der Waals surface area contributed by atoms with Crippen LogP contribution in [0.5, 0.6) is 0 Å². The first-order valence-electron chi connectivity index (χ1n) is 10.0. The van der Waals surface area contributed by atoms with E-state index in [1.54, 1.807) is 0 Å². The lowest BCUT2D eigenvalue weighted by Gasteiger charge is -2.04. The summed E-state index contributed by atoms with van der Waals surface area (Å²) >= 11 is 4.61. The molecule has 0 saturated heterocycles. The van der Waals surface area contributed by atoms with E-state index in [0.29, 0.717) is 6.61 Å². The normalized spacial score (nSPS) is 10.9. The zero-order valence-electron chi connectivity index (χ0n) is 15.5. The summed E-state index contributed by atoms with van der Waals surface area (Å²) in [6, 6.07) is 0. The van der Waals surface area contributed by atoms with E-state index in [9.17, 15) is 4.79 Å². The Labute approximate surface area is 150 Å². The van der Waals surface area contributed by atoms with Gasteiger partial charge in [-0.2, -0.15) is 0 Å². The van der Waals surface area contributed by atoms with Gasteiger partial charge in [-0.1, -0.05) is 116 Å². The van der Waals surface area contributed by atoms with Crippen LogP contribution in [0.4, 0.5) is 0 Å². The number of ether oxygens (including phenoxy) is 1. The molecule has 23 heavy (non-hydrogen) atoms. The van der Waals surface area contributed by atoms with Crippen LogP contribution in [0.3, 0.4) is 0 Å². The molecule has 0 aliphatic heterocycles. The topological polar surface area (TPSA) is 26.3 Å². The van der Waals surface area contributed by atoms with Crippen molar-refractivity contribution in [2.75, 3.05) is 12.4 Å². The highest BCUT2D eigenvalue weighted by Gasteiger charge is 1.98. The van der Waals surface area contributed by atoms with Gasteiger partial charge in [0.05, 0.1) is 6.61 Å². The second-order valence-corrected chi connectivity index (χ2v) is 6.96. The van der Waals surface area contributed by atoms with Gasteiger partial charge in [-0.25, -0.2) is 0 Å². The molecular formula is C20H39O2S. The molecular weight excluding hydrogens is 304 g/mol. The molecule has 2 nitrogen and oxygen atoms in total. The molecule has 0 unspecified atom stereocenters. The number of rotatable bonds is 18. The summed E-state index contributed by atoms with van der Waals surface area (Å²) in [6.45, 7) is 2.83. The van der Waals surface area contributed by atoms with Gasteiger partial charge in [0.1, 0.15) is 5.75 Å². The van der Waals surface area contributed by atoms with E-state index in [4.69, 9.17) is 4.74 Å². The van der Waals surface area contributed by atoms with Crippen LogP contribution in [0, 0.1) is 0 Å². The van der Waals surface area contributed by atoms with Crippen molar-refractivity contribution in [1.29, 1.82) is 0 Å². The SMILES string of the molecule is CCCCCCCCCCCCCCCCCCOC(=O)C[S]. The molecule has 0 aromatic heterocycles. The molecule has 0 atom stereocenters. The van der Waals surface area contributed by atoms with Crippen LogP contribution in [0.15, 0.2) is 0 Å². The average Bonchev–Trinajstić information content (AvgIpc) is 2.57.